The molecule has 0 N–H and O–H groups in total. The summed E-state index contributed by atoms with van der Waals surface area (Å²) in [4.78, 5) is 70.6. The molecule has 4 amide bonds. The van der Waals surface area contributed by atoms with Gasteiger partial charge >= 0.3 is 5.97 Å². The summed E-state index contributed by atoms with van der Waals surface area (Å²) in [5.41, 5.74) is 0. The molecule has 3 saturated heterocycles. The molecule has 0 aromatic heterocycles. The fourth-order valence-electron chi connectivity index (χ4n) is 5.40. The van der Waals surface area contributed by atoms with Crippen molar-refractivity contribution >= 4 is 29.6 Å². The van der Waals surface area contributed by atoms with Crippen LogP contribution in [0.5, 0.6) is 0 Å². The Kier molecular flexibility index (Phi) is 6.29. The second kappa shape index (κ2) is 8.96. The predicted octanol–water partition coefficient (Wildman–Crippen LogP) is 1.40. The number of carbonyl (C=O) groups is 5. The van der Waals surface area contributed by atoms with E-state index in [1.807, 2.05) is 4.90 Å². The smallest absolute Gasteiger partial charge is 0.340 e. The Morgan fingerprint density at radius 2 is 1.29 bits per heavy atom. The topological polar surface area (TPSA) is 104 Å². The minimum absolute atomic E-state index is 0.0175. The highest BCUT2D eigenvalue weighted by Crippen LogP contribution is 2.34. The zero-order chi connectivity index (χ0) is 22.1. The van der Waals surface area contributed by atoms with Crippen LogP contribution < -0.4 is 0 Å². The first kappa shape index (κ1) is 21.8. The van der Waals surface area contributed by atoms with Gasteiger partial charge in [0.2, 0.25) is 11.8 Å². The molecule has 4 fully saturated rings. The predicted molar refractivity (Wildman–Crippen MR) is 108 cm³/mol. The molecule has 9 heteroatoms. The van der Waals surface area contributed by atoms with Gasteiger partial charge in [-0.3, -0.25) is 19.2 Å². The fraction of sp³-hybridized carbons (Fsp3) is 0.773. The van der Waals surface area contributed by atoms with Crippen molar-refractivity contribution in [1.29, 1.82) is 0 Å². The lowest BCUT2D eigenvalue weighted by Crippen LogP contribution is -2.47. The van der Waals surface area contributed by atoms with Crippen molar-refractivity contribution in [2.75, 3.05) is 13.1 Å². The highest BCUT2D eigenvalue weighted by atomic mass is 16.7. The maximum atomic E-state index is 13.1. The highest BCUT2D eigenvalue weighted by molar-refractivity contribution is 6.02. The molecule has 2 atom stereocenters. The number of rotatable bonds is 4. The fourth-order valence-corrected chi connectivity index (χ4v) is 5.40. The van der Waals surface area contributed by atoms with Crippen LogP contribution in [0.3, 0.4) is 0 Å². The summed E-state index contributed by atoms with van der Waals surface area (Å²) in [5.74, 6) is -1.85. The molecule has 0 bridgehead atoms. The molecule has 3 aliphatic heterocycles. The lowest BCUT2D eigenvalue weighted by molar-refractivity contribution is -0.201. The summed E-state index contributed by atoms with van der Waals surface area (Å²) in [6.45, 7) is 3.39. The Hall–Kier alpha value is -2.45. The van der Waals surface area contributed by atoms with E-state index in [2.05, 4.69) is 6.92 Å². The molecule has 1 aliphatic carbocycles. The second-order valence-electron chi connectivity index (χ2n) is 9.25. The average Bonchev–Trinajstić information content (AvgIpc) is 3.50. The summed E-state index contributed by atoms with van der Waals surface area (Å²) in [6.07, 6.45) is 5.99. The molecule has 9 nitrogen and oxygen atoms in total. The monoisotopic (exact) mass is 433 g/mol. The van der Waals surface area contributed by atoms with Crippen molar-refractivity contribution in [3.63, 3.8) is 0 Å². The Morgan fingerprint density at radius 1 is 0.774 bits per heavy atom. The van der Waals surface area contributed by atoms with E-state index < -0.39 is 23.8 Å². The van der Waals surface area contributed by atoms with Gasteiger partial charge in [-0.15, -0.1) is 5.06 Å². The molecule has 4 rings (SSSR count). The van der Waals surface area contributed by atoms with E-state index >= 15 is 0 Å². The molecule has 31 heavy (non-hydrogen) atoms. The first-order chi connectivity index (χ1) is 14.9. The zero-order valence-electron chi connectivity index (χ0n) is 18.1. The van der Waals surface area contributed by atoms with Gasteiger partial charge in [0.25, 0.3) is 11.8 Å². The van der Waals surface area contributed by atoms with Gasteiger partial charge in [-0.25, -0.2) is 4.79 Å². The molecule has 0 spiro atoms. The number of amides is 4. The summed E-state index contributed by atoms with van der Waals surface area (Å²) >= 11 is 0. The van der Waals surface area contributed by atoms with Crippen molar-refractivity contribution in [3.8, 4) is 0 Å². The van der Waals surface area contributed by atoms with E-state index in [0.29, 0.717) is 56.2 Å². The standard InChI is InChI=1S/C22H31N3O6/c1-14-4-2-12-23(14)20(28)15-6-8-16(9-7-15)21(29)24-13-3-5-17(24)22(30)31-25-18(26)10-11-19(25)27/h14-17H,2-13H2,1H3/t14-,15?,16?,17+/m1/s1. The third-order valence-electron chi connectivity index (χ3n) is 7.26. The van der Waals surface area contributed by atoms with Crippen LogP contribution in [0.25, 0.3) is 0 Å². The van der Waals surface area contributed by atoms with E-state index in [4.69, 9.17) is 4.84 Å². The van der Waals surface area contributed by atoms with Crippen LogP contribution in [0.4, 0.5) is 0 Å². The second-order valence-corrected chi connectivity index (χ2v) is 9.25. The third-order valence-corrected chi connectivity index (χ3v) is 7.26. The van der Waals surface area contributed by atoms with Gasteiger partial charge in [0.15, 0.2) is 0 Å². The third kappa shape index (κ3) is 4.32. The minimum Gasteiger partial charge on any atom is -0.340 e. The van der Waals surface area contributed by atoms with Gasteiger partial charge < -0.3 is 14.6 Å². The minimum atomic E-state index is -0.765. The largest absolute Gasteiger partial charge is 0.355 e. The van der Waals surface area contributed by atoms with Crippen LogP contribution >= 0.6 is 0 Å². The molecular formula is C22H31N3O6. The Labute approximate surface area is 182 Å². The van der Waals surface area contributed by atoms with Gasteiger partial charge in [-0.2, -0.15) is 0 Å². The molecular weight excluding hydrogens is 402 g/mol. The van der Waals surface area contributed by atoms with Crippen LogP contribution in [0.2, 0.25) is 0 Å². The molecule has 1 saturated carbocycles. The number of carbonyl (C=O) groups excluding carboxylic acids is 5. The van der Waals surface area contributed by atoms with Gasteiger partial charge in [0.1, 0.15) is 6.04 Å². The van der Waals surface area contributed by atoms with Crippen LogP contribution in [-0.2, 0) is 28.8 Å². The number of hydrogen-bond donors (Lipinski definition) is 0. The van der Waals surface area contributed by atoms with Crippen molar-refractivity contribution in [3.05, 3.63) is 0 Å². The Balaban J connectivity index is 1.31. The summed E-state index contributed by atoms with van der Waals surface area (Å²) in [7, 11) is 0. The average molecular weight is 434 g/mol. The van der Waals surface area contributed by atoms with Crippen molar-refractivity contribution in [1.82, 2.24) is 14.9 Å². The van der Waals surface area contributed by atoms with Crippen LogP contribution in [-0.4, -0.2) is 69.6 Å². The maximum Gasteiger partial charge on any atom is 0.355 e. The van der Waals surface area contributed by atoms with Crippen LogP contribution in [0.1, 0.15) is 71.1 Å². The summed E-state index contributed by atoms with van der Waals surface area (Å²) in [6, 6.07) is -0.462. The van der Waals surface area contributed by atoms with E-state index in [-0.39, 0.29) is 36.5 Å². The molecule has 4 aliphatic rings. The molecule has 170 valence electrons. The Morgan fingerprint density at radius 3 is 1.84 bits per heavy atom. The van der Waals surface area contributed by atoms with E-state index in [1.165, 1.54) is 0 Å². The van der Waals surface area contributed by atoms with E-state index in [0.717, 1.165) is 19.4 Å². The lowest BCUT2D eigenvalue weighted by Gasteiger charge is -2.34. The number of imide groups is 1. The first-order valence-electron chi connectivity index (χ1n) is 11.6. The van der Waals surface area contributed by atoms with Crippen molar-refractivity contribution in [2.24, 2.45) is 11.8 Å². The number of likely N-dealkylation sites (tertiary alicyclic amines) is 2. The van der Waals surface area contributed by atoms with Gasteiger partial charge in [0, 0.05) is 43.8 Å². The molecule has 0 radical (unpaired) electrons. The number of hydrogen-bond acceptors (Lipinski definition) is 6. The molecule has 0 aromatic rings. The van der Waals surface area contributed by atoms with Gasteiger partial charge in [-0.1, -0.05) is 0 Å². The number of nitrogens with zero attached hydrogens (tertiary/aromatic N) is 3. The number of hydroxylamine groups is 2. The van der Waals surface area contributed by atoms with E-state index in [9.17, 15) is 24.0 Å². The van der Waals surface area contributed by atoms with Gasteiger partial charge in [-0.05, 0) is 58.3 Å². The van der Waals surface area contributed by atoms with Crippen molar-refractivity contribution in [2.45, 2.75) is 83.2 Å². The normalized spacial score (nSPS) is 31.5. The van der Waals surface area contributed by atoms with Crippen LogP contribution in [0, 0.1) is 11.8 Å². The lowest BCUT2D eigenvalue weighted by atomic mass is 9.80. The van der Waals surface area contributed by atoms with Gasteiger partial charge in [0.05, 0.1) is 0 Å². The SMILES string of the molecule is C[C@@H]1CCCN1C(=O)C1CCC(C(=O)N2CCC[C@H]2C(=O)ON2C(=O)CCC2=O)CC1. The maximum absolute atomic E-state index is 13.1. The summed E-state index contributed by atoms with van der Waals surface area (Å²) in [5, 5.41) is 0.541. The summed E-state index contributed by atoms with van der Waals surface area (Å²) < 4.78 is 0. The molecule has 3 heterocycles. The molecule has 0 aromatic carbocycles. The quantitative estimate of drug-likeness (QED) is 0.621. The highest BCUT2D eigenvalue weighted by Gasteiger charge is 2.43. The van der Waals surface area contributed by atoms with E-state index in [1.54, 1.807) is 4.90 Å². The first-order valence-corrected chi connectivity index (χ1v) is 11.6. The molecule has 0 unspecified atom stereocenters. The van der Waals surface area contributed by atoms with Crippen molar-refractivity contribution < 1.29 is 28.8 Å². The van der Waals surface area contributed by atoms with Crippen LogP contribution in [0.15, 0.2) is 0 Å². The Bertz CT molecular complexity index is 759. The zero-order valence-corrected chi connectivity index (χ0v) is 18.1.